The highest BCUT2D eigenvalue weighted by Gasteiger charge is 2.17. The minimum Gasteiger partial charge on any atom is -0.392 e. The Morgan fingerprint density at radius 1 is 1.56 bits per heavy atom. The van der Waals surface area contributed by atoms with Gasteiger partial charge in [-0.25, -0.2) is 0 Å². The SMILES string of the molecule is CC[C@@H](O)CP(=O)(O)O. The van der Waals surface area contributed by atoms with Gasteiger partial charge in [-0.1, -0.05) is 6.92 Å². The molecule has 0 rings (SSSR count). The van der Waals surface area contributed by atoms with Gasteiger partial charge < -0.3 is 14.9 Å². The molecule has 0 fully saturated rings. The molecule has 0 saturated carbocycles. The van der Waals surface area contributed by atoms with Crippen LogP contribution in [0.5, 0.6) is 0 Å². The molecule has 0 aliphatic carbocycles. The predicted molar refractivity (Wildman–Crippen MR) is 33.2 cm³/mol. The van der Waals surface area contributed by atoms with E-state index in [9.17, 15) is 4.57 Å². The molecule has 0 amide bonds. The molecular weight excluding hydrogens is 143 g/mol. The standard InChI is InChI=1S/C4H11O4P/c1-2-4(5)3-9(6,7)8/h4-5H,2-3H2,1H3,(H2,6,7,8)/t4-/m1/s1. The fraction of sp³-hybridized carbons (Fsp3) is 1.00. The summed E-state index contributed by atoms with van der Waals surface area (Å²) >= 11 is 0. The molecule has 5 heteroatoms. The fourth-order valence-electron chi connectivity index (χ4n) is 0.404. The molecule has 3 N–H and O–H groups in total. The molecule has 4 nitrogen and oxygen atoms in total. The Hall–Kier alpha value is 0.110. The van der Waals surface area contributed by atoms with Crippen molar-refractivity contribution >= 4 is 7.60 Å². The van der Waals surface area contributed by atoms with Crippen molar-refractivity contribution in [2.75, 3.05) is 6.16 Å². The lowest BCUT2D eigenvalue weighted by Gasteiger charge is -2.07. The summed E-state index contributed by atoms with van der Waals surface area (Å²) in [6.07, 6.45) is -0.917. The monoisotopic (exact) mass is 154 g/mol. The van der Waals surface area contributed by atoms with Crippen LogP contribution in [0.15, 0.2) is 0 Å². The number of hydrogen-bond acceptors (Lipinski definition) is 2. The van der Waals surface area contributed by atoms with Gasteiger partial charge in [0.25, 0.3) is 0 Å². The molecule has 9 heavy (non-hydrogen) atoms. The fourth-order valence-corrected chi connectivity index (χ4v) is 1.21. The van der Waals surface area contributed by atoms with Crippen LogP contribution in [0.3, 0.4) is 0 Å². The van der Waals surface area contributed by atoms with Crippen molar-refractivity contribution in [2.45, 2.75) is 19.4 Å². The van der Waals surface area contributed by atoms with Crippen molar-refractivity contribution in [3.8, 4) is 0 Å². The van der Waals surface area contributed by atoms with Crippen LogP contribution in [-0.2, 0) is 4.57 Å². The maximum absolute atomic E-state index is 10.1. The van der Waals surface area contributed by atoms with Crippen LogP contribution in [-0.4, -0.2) is 27.2 Å². The summed E-state index contributed by atoms with van der Waals surface area (Å²) < 4.78 is 10.1. The Labute approximate surface area is 53.7 Å². The van der Waals surface area contributed by atoms with E-state index in [1.807, 2.05) is 0 Å². The summed E-state index contributed by atoms with van der Waals surface area (Å²) in [7, 11) is -3.99. The number of rotatable bonds is 3. The highest BCUT2D eigenvalue weighted by atomic mass is 31.2. The van der Waals surface area contributed by atoms with Gasteiger partial charge in [-0.2, -0.15) is 0 Å². The van der Waals surface area contributed by atoms with Crippen LogP contribution in [0.1, 0.15) is 13.3 Å². The Kier molecular flexibility index (Phi) is 3.36. The molecule has 0 unspecified atom stereocenters. The zero-order valence-corrected chi connectivity index (χ0v) is 6.08. The Bertz CT molecular complexity index is 118. The number of aliphatic hydroxyl groups excluding tert-OH is 1. The second-order valence-corrected chi connectivity index (χ2v) is 3.60. The molecule has 0 spiro atoms. The summed E-state index contributed by atoms with van der Waals surface area (Å²) in [5.41, 5.74) is 0. The summed E-state index contributed by atoms with van der Waals surface area (Å²) in [5.74, 6) is 0. The molecule has 0 heterocycles. The van der Waals surface area contributed by atoms with Gasteiger partial charge in [-0.15, -0.1) is 0 Å². The third-order valence-corrected chi connectivity index (χ3v) is 1.82. The van der Waals surface area contributed by atoms with Crippen LogP contribution in [0.25, 0.3) is 0 Å². The first-order valence-corrected chi connectivity index (χ1v) is 4.48. The molecule has 0 radical (unpaired) electrons. The number of hydrogen-bond donors (Lipinski definition) is 3. The second-order valence-electron chi connectivity index (χ2n) is 1.91. The topological polar surface area (TPSA) is 77.8 Å². The highest BCUT2D eigenvalue weighted by Crippen LogP contribution is 2.35. The summed E-state index contributed by atoms with van der Waals surface area (Å²) in [6.45, 7) is 1.67. The van der Waals surface area contributed by atoms with Gasteiger partial charge in [0.15, 0.2) is 0 Å². The van der Waals surface area contributed by atoms with Crippen molar-refractivity contribution in [1.29, 1.82) is 0 Å². The Balaban J connectivity index is 3.60. The van der Waals surface area contributed by atoms with E-state index in [1.54, 1.807) is 6.92 Å². The summed E-state index contributed by atoms with van der Waals surface area (Å²) in [6, 6.07) is 0. The normalized spacial score (nSPS) is 15.6. The zero-order valence-electron chi connectivity index (χ0n) is 5.19. The molecule has 0 bridgehead atoms. The van der Waals surface area contributed by atoms with E-state index in [1.165, 1.54) is 0 Å². The van der Waals surface area contributed by atoms with E-state index in [2.05, 4.69) is 0 Å². The van der Waals surface area contributed by atoms with Crippen molar-refractivity contribution in [3.63, 3.8) is 0 Å². The van der Waals surface area contributed by atoms with Gasteiger partial charge in [-0.3, -0.25) is 4.57 Å². The largest absolute Gasteiger partial charge is 0.392 e. The van der Waals surface area contributed by atoms with Crippen LogP contribution in [0.2, 0.25) is 0 Å². The van der Waals surface area contributed by atoms with Crippen molar-refractivity contribution in [1.82, 2.24) is 0 Å². The average molecular weight is 154 g/mol. The third kappa shape index (κ3) is 5.99. The van der Waals surface area contributed by atoms with Crippen LogP contribution >= 0.6 is 7.60 Å². The van der Waals surface area contributed by atoms with Gasteiger partial charge >= 0.3 is 7.60 Å². The van der Waals surface area contributed by atoms with Gasteiger partial charge in [0, 0.05) is 0 Å². The van der Waals surface area contributed by atoms with Crippen molar-refractivity contribution in [2.24, 2.45) is 0 Å². The first-order chi connectivity index (χ1) is 3.95. The predicted octanol–water partition coefficient (Wildman–Crippen LogP) is -0.0650. The van der Waals surface area contributed by atoms with Crippen molar-refractivity contribution in [3.05, 3.63) is 0 Å². The molecule has 0 aliphatic rings. The van der Waals surface area contributed by atoms with Gasteiger partial charge in [0.1, 0.15) is 0 Å². The van der Waals surface area contributed by atoms with Crippen LogP contribution in [0, 0.1) is 0 Å². The van der Waals surface area contributed by atoms with Crippen LogP contribution in [0.4, 0.5) is 0 Å². The first-order valence-electron chi connectivity index (χ1n) is 2.68. The molecule has 56 valence electrons. The van der Waals surface area contributed by atoms with E-state index < -0.39 is 19.9 Å². The second kappa shape index (κ2) is 3.32. The summed E-state index contributed by atoms with van der Waals surface area (Å²) in [4.78, 5) is 16.5. The zero-order chi connectivity index (χ0) is 7.49. The average Bonchev–Trinajstić information content (AvgIpc) is 1.62. The van der Waals surface area contributed by atoms with E-state index in [0.29, 0.717) is 6.42 Å². The molecule has 0 aromatic carbocycles. The lowest BCUT2D eigenvalue weighted by Crippen LogP contribution is -2.10. The third-order valence-electron chi connectivity index (χ3n) is 0.920. The molecule has 1 atom stereocenters. The van der Waals surface area contributed by atoms with Gasteiger partial charge in [0.05, 0.1) is 12.3 Å². The van der Waals surface area contributed by atoms with E-state index in [0.717, 1.165) is 0 Å². The lowest BCUT2D eigenvalue weighted by molar-refractivity contribution is 0.185. The molecule has 0 aromatic rings. The van der Waals surface area contributed by atoms with Crippen molar-refractivity contribution < 1.29 is 19.5 Å². The number of aliphatic hydroxyl groups is 1. The minimum atomic E-state index is -3.99. The quantitative estimate of drug-likeness (QED) is 0.497. The Morgan fingerprint density at radius 3 is 2.11 bits per heavy atom. The van der Waals surface area contributed by atoms with E-state index >= 15 is 0 Å². The maximum Gasteiger partial charge on any atom is 0.328 e. The summed E-state index contributed by atoms with van der Waals surface area (Å²) in [5, 5.41) is 8.70. The molecule has 0 saturated heterocycles. The van der Waals surface area contributed by atoms with E-state index in [4.69, 9.17) is 14.9 Å². The molecular formula is C4H11O4P. The smallest absolute Gasteiger partial charge is 0.328 e. The molecule has 0 aromatic heterocycles. The van der Waals surface area contributed by atoms with Crippen LogP contribution < -0.4 is 0 Å². The van der Waals surface area contributed by atoms with E-state index in [-0.39, 0.29) is 0 Å². The lowest BCUT2D eigenvalue weighted by atomic mass is 10.3. The van der Waals surface area contributed by atoms with Gasteiger partial charge in [-0.05, 0) is 6.42 Å². The Morgan fingerprint density at radius 2 is 2.00 bits per heavy atom. The maximum atomic E-state index is 10.1. The highest BCUT2D eigenvalue weighted by molar-refractivity contribution is 7.51. The molecule has 0 aliphatic heterocycles. The first kappa shape index (κ1) is 9.11. The minimum absolute atomic E-state index is 0.380. The van der Waals surface area contributed by atoms with Gasteiger partial charge in [0.2, 0.25) is 0 Å².